The van der Waals surface area contributed by atoms with Crippen LogP contribution in [0, 0.1) is 0 Å². The molecule has 2 aliphatic heterocycles. The molecule has 0 spiro atoms. The lowest BCUT2D eigenvalue weighted by Gasteiger charge is -2.26. The van der Waals surface area contributed by atoms with E-state index >= 15 is 0 Å². The van der Waals surface area contributed by atoms with Gasteiger partial charge in [-0.1, -0.05) is 42.5 Å². The van der Waals surface area contributed by atoms with E-state index in [4.69, 9.17) is 0 Å². The summed E-state index contributed by atoms with van der Waals surface area (Å²) in [6.45, 7) is 0. The summed E-state index contributed by atoms with van der Waals surface area (Å²) in [6.07, 6.45) is 3.92. The van der Waals surface area contributed by atoms with Crippen LogP contribution < -0.4 is 15.6 Å². The van der Waals surface area contributed by atoms with Crippen molar-refractivity contribution in [3.63, 3.8) is 0 Å². The van der Waals surface area contributed by atoms with Gasteiger partial charge in [0, 0.05) is 0 Å². The predicted molar refractivity (Wildman–Crippen MR) is 79.7 cm³/mol. The predicted octanol–water partition coefficient (Wildman–Crippen LogP) is 3.19. The van der Waals surface area contributed by atoms with Gasteiger partial charge in [0.05, 0.1) is 11.4 Å². The summed E-state index contributed by atoms with van der Waals surface area (Å²) >= 11 is 0. The van der Waals surface area contributed by atoms with E-state index in [1.54, 1.807) is 5.01 Å². The number of rotatable bonds is 1. The van der Waals surface area contributed by atoms with Crippen LogP contribution in [0.2, 0.25) is 0 Å². The number of hydrazine groups is 2. The quantitative estimate of drug-likeness (QED) is 0.828. The van der Waals surface area contributed by atoms with Crippen LogP contribution in [-0.2, 0) is 0 Å². The van der Waals surface area contributed by atoms with Gasteiger partial charge in [0.2, 0.25) is 5.88 Å². The summed E-state index contributed by atoms with van der Waals surface area (Å²) in [4.78, 5) is 0. The van der Waals surface area contributed by atoms with Gasteiger partial charge in [0.1, 0.15) is 5.70 Å². The van der Waals surface area contributed by atoms with Crippen LogP contribution in [0.15, 0.2) is 72.3 Å². The number of nitrogens with one attached hydrogen (secondary N) is 1. The first-order valence-electron chi connectivity index (χ1n) is 6.46. The first-order valence-corrected chi connectivity index (χ1v) is 6.46. The van der Waals surface area contributed by atoms with Crippen LogP contribution in [-0.4, -0.2) is 5.11 Å². The maximum absolute atomic E-state index is 10.4. The van der Waals surface area contributed by atoms with Crippen LogP contribution in [0.25, 0.3) is 6.08 Å². The number of hydrogen-bond acceptors (Lipinski definition) is 4. The van der Waals surface area contributed by atoms with Crippen molar-refractivity contribution in [2.24, 2.45) is 0 Å². The maximum atomic E-state index is 10.4. The SMILES string of the molecule is OC1=C2C=Cc3ccccc3N2NN1c1ccccc1. The average molecular weight is 263 g/mol. The zero-order valence-electron chi connectivity index (χ0n) is 10.7. The topological polar surface area (TPSA) is 38.7 Å². The van der Waals surface area contributed by atoms with Gasteiger partial charge in [-0.3, -0.25) is 5.01 Å². The number of para-hydroxylation sites is 2. The van der Waals surface area contributed by atoms with E-state index in [9.17, 15) is 5.11 Å². The summed E-state index contributed by atoms with van der Waals surface area (Å²) in [5, 5.41) is 14.0. The number of nitrogens with zero attached hydrogens (tertiary/aromatic N) is 2. The van der Waals surface area contributed by atoms with Gasteiger partial charge in [-0.2, -0.15) is 0 Å². The van der Waals surface area contributed by atoms with Crippen molar-refractivity contribution in [3.05, 3.63) is 77.8 Å². The molecule has 2 aromatic rings. The lowest BCUT2D eigenvalue weighted by Crippen LogP contribution is -2.42. The van der Waals surface area contributed by atoms with E-state index in [2.05, 4.69) is 5.53 Å². The number of fused-ring (bicyclic) bond motifs is 3. The summed E-state index contributed by atoms with van der Waals surface area (Å²) in [6, 6.07) is 17.8. The molecule has 0 unspecified atom stereocenters. The van der Waals surface area contributed by atoms with Gasteiger partial charge in [0.15, 0.2) is 0 Å². The monoisotopic (exact) mass is 263 g/mol. The van der Waals surface area contributed by atoms with E-state index in [1.165, 1.54) is 0 Å². The molecule has 20 heavy (non-hydrogen) atoms. The van der Waals surface area contributed by atoms with Crippen molar-refractivity contribution in [2.75, 3.05) is 10.0 Å². The Balaban J connectivity index is 1.80. The van der Waals surface area contributed by atoms with Crippen LogP contribution in [0.3, 0.4) is 0 Å². The Labute approximate surface area is 116 Å². The second-order valence-corrected chi connectivity index (χ2v) is 4.71. The Morgan fingerprint density at radius 2 is 1.55 bits per heavy atom. The van der Waals surface area contributed by atoms with E-state index in [-0.39, 0.29) is 5.88 Å². The van der Waals surface area contributed by atoms with Crippen LogP contribution in [0.1, 0.15) is 5.56 Å². The molecule has 2 heterocycles. The lowest BCUT2D eigenvalue weighted by molar-refractivity contribution is 0.388. The molecule has 0 radical (unpaired) electrons. The molecule has 2 aliphatic rings. The molecule has 2 N–H and O–H groups in total. The second kappa shape index (κ2) is 4.15. The molecule has 98 valence electrons. The third-order valence-electron chi connectivity index (χ3n) is 3.49. The van der Waals surface area contributed by atoms with Crippen LogP contribution in [0.5, 0.6) is 0 Å². The molecule has 0 atom stereocenters. The number of allylic oxidation sites excluding steroid dienone is 1. The fraction of sp³-hybridized carbons (Fsp3) is 0. The number of benzene rings is 2. The highest BCUT2D eigenvalue weighted by molar-refractivity contribution is 5.78. The molecule has 4 nitrogen and oxygen atoms in total. The fourth-order valence-corrected chi connectivity index (χ4v) is 2.51. The lowest BCUT2D eigenvalue weighted by atomic mass is 10.1. The first kappa shape index (κ1) is 11.1. The highest BCUT2D eigenvalue weighted by Gasteiger charge is 2.32. The zero-order valence-corrected chi connectivity index (χ0v) is 10.7. The van der Waals surface area contributed by atoms with Crippen molar-refractivity contribution in [1.29, 1.82) is 0 Å². The van der Waals surface area contributed by atoms with Crippen molar-refractivity contribution in [2.45, 2.75) is 0 Å². The van der Waals surface area contributed by atoms with Gasteiger partial charge in [0.25, 0.3) is 0 Å². The second-order valence-electron chi connectivity index (χ2n) is 4.71. The molecule has 0 fully saturated rings. The summed E-state index contributed by atoms with van der Waals surface area (Å²) in [5.74, 6) is 0.196. The molecule has 0 amide bonds. The highest BCUT2D eigenvalue weighted by Crippen LogP contribution is 2.35. The summed E-state index contributed by atoms with van der Waals surface area (Å²) in [7, 11) is 0. The number of anilines is 2. The van der Waals surface area contributed by atoms with Gasteiger partial charge in [-0.15, -0.1) is 5.53 Å². The molecule has 4 heteroatoms. The maximum Gasteiger partial charge on any atom is 0.234 e. The Morgan fingerprint density at radius 3 is 2.40 bits per heavy atom. The third kappa shape index (κ3) is 1.52. The third-order valence-corrected chi connectivity index (χ3v) is 3.49. The summed E-state index contributed by atoms with van der Waals surface area (Å²) < 4.78 is 0. The van der Waals surface area contributed by atoms with Crippen molar-refractivity contribution in [3.8, 4) is 0 Å². The van der Waals surface area contributed by atoms with Gasteiger partial charge in [-0.05, 0) is 29.8 Å². The first-order chi connectivity index (χ1) is 9.84. The molecule has 2 aromatic carbocycles. The van der Waals surface area contributed by atoms with Gasteiger partial charge < -0.3 is 5.11 Å². The Morgan fingerprint density at radius 1 is 0.800 bits per heavy atom. The number of hydrogen-bond donors (Lipinski definition) is 2. The highest BCUT2D eigenvalue weighted by atomic mass is 16.3. The molecular weight excluding hydrogens is 250 g/mol. The molecule has 4 rings (SSSR count). The molecule has 0 saturated heterocycles. The van der Waals surface area contributed by atoms with Crippen LogP contribution in [0.4, 0.5) is 11.4 Å². The van der Waals surface area contributed by atoms with Crippen molar-refractivity contribution in [1.82, 2.24) is 5.53 Å². The number of aliphatic hydroxyl groups excluding tert-OH is 1. The van der Waals surface area contributed by atoms with Crippen LogP contribution >= 0.6 is 0 Å². The minimum atomic E-state index is 0.196. The minimum absolute atomic E-state index is 0.196. The molecule has 0 bridgehead atoms. The molecule has 0 aromatic heterocycles. The standard InChI is InChI=1S/C16H13N3O/c20-16-15-11-10-12-6-4-5-9-14(12)19(15)17-18(16)13-7-2-1-3-8-13/h1-11,17,20H. The largest absolute Gasteiger partial charge is 0.492 e. The Hall–Kier alpha value is -2.72. The van der Waals surface area contributed by atoms with E-state index in [0.717, 1.165) is 22.6 Å². The summed E-state index contributed by atoms with van der Waals surface area (Å²) in [5.41, 5.74) is 6.98. The molecule has 0 aliphatic carbocycles. The molecular formula is C16H13N3O. The Bertz CT molecular complexity index is 722. The van der Waals surface area contributed by atoms with Crippen molar-refractivity contribution < 1.29 is 5.11 Å². The zero-order chi connectivity index (χ0) is 13.5. The molecule has 0 saturated carbocycles. The van der Waals surface area contributed by atoms with E-state index in [0.29, 0.717) is 0 Å². The number of aliphatic hydroxyl groups is 1. The minimum Gasteiger partial charge on any atom is -0.492 e. The van der Waals surface area contributed by atoms with Gasteiger partial charge >= 0.3 is 0 Å². The van der Waals surface area contributed by atoms with Gasteiger partial charge in [-0.25, -0.2) is 5.01 Å². The van der Waals surface area contributed by atoms with E-state index in [1.807, 2.05) is 71.8 Å². The average Bonchev–Trinajstić information content (AvgIpc) is 2.86. The van der Waals surface area contributed by atoms with Crippen molar-refractivity contribution >= 4 is 17.5 Å². The normalized spacial score (nSPS) is 16.4. The smallest absolute Gasteiger partial charge is 0.234 e. The van der Waals surface area contributed by atoms with E-state index < -0.39 is 0 Å². The fourth-order valence-electron chi connectivity index (χ4n) is 2.51. The Kier molecular flexibility index (Phi) is 2.31.